The van der Waals surface area contributed by atoms with E-state index in [2.05, 4.69) is 10.3 Å². The molecule has 0 aliphatic heterocycles. The number of benzene rings is 1. The summed E-state index contributed by atoms with van der Waals surface area (Å²) in [5.41, 5.74) is 1.22. The third-order valence-corrected chi connectivity index (χ3v) is 2.24. The zero-order valence-corrected chi connectivity index (χ0v) is 9.29. The van der Waals surface area contributed by atoms with Crippen LogP contribution in [0.25, 0.3) is 0 Å². The van der Waals surface area contributed by atoms with Crippen molar-refractivity contribution in [3.63, 3.8) is 0 Å². The third kappa shape index (κ3) is 2.62. The normalized spacial score (nSPS) is 9.50. The Morgan fingerprint density at radius 3 is 2.89 bits per heavy atom. The summed E-state index contributed by atoms with van der Waals surface area (Å²) in [5.74, 6) is -0.470. The molecule has 2 N–H and O–H groups in total. The van der Waals surface area contributed by atoms with Gasteiger partial charge in [-0.3, -0.25) is 9.78 Å². The molecule has 0 radical (unpaired) electrons. The van der Waals surface area contributed by atoms with Crippen LogP contribution < -0.4 is 5.32 Å². The number of rotatable bonds is 2. The molecule has 1 aromatic carbocycles. The number of aromatic hydroxyl groups is 1. The van der Waals surface area contributed by atoms with E-state index in [1.54, 1.807) is 24.3 Å². The van der Waals surface area contributed by atoms with E-state index in [-0.39, 0.29) is 11.3 Å². The lowest BCUT2D eigenvalue weighted by atomic mass is 10.2. The van der Waals surface area contributed by atoms with E-state index in [0.29, 0.717) is 11.3 Å². The van der Waals surface area contributed by atoms with Crippen molar-refractivity contribution in [2.24, 2.45) is 0 Å². The highest BCUT2D eigenvalue weighted by Crippen LogP contribution is 2.13. The zero-order chi connectivity index (χ0) is 13.0. The van der Waals surface area contributed by atoms with Crippen molar-refractivity contribution < 1.29 is 9.90 Å². The second kappa shape index (κ2) is 4.97. The van der Waals surface area contributed by atoms with Crippen LogP contribution in [0.1, 0.15) is 15.9 Å². The minimum Gasteiger partial charge on any atom is -0.506 e. The molecule has 5 nitrogen and oxygen atoms in total. The lowest BCUT2D eigenvalue weighted by Gasteiger charge is -2.05. The molecule has 1 aromatic heterocycles. The van der Waals surface area contributed by atoms with E-state index >= 15 is 0 Å². The van der Waals surface area contributed by atoms with Crippen LogP contribution in [0.15, 0.2) is 42.7 Å². The number of hydrogen-bond acceptors (Lipinski definition) is 4. The van der Waals surface area contributed by atoms with Gasteiger partial charge in [-0.25, -0.2) is 0 Å². The SMILES string of the molecule is N#Cc1cccc(NC(=O)c2cncc(O)c2)c1. The van der Waals surface area contributed by atoms with Crippen molar-refractivity contribution in [2.75, 3.05) is 5.32 Å². The van der Waals surface area contributed by atoms with E-state index in [4.69, 9.17) is 5.26 Å². The Labute approximate surface area is 103 Å². The van der Waals surface area contributed by atoms with Crippen LogP contribution in [-0.2, 0) is 0 Å². The van der Waals surface area contributed by atoms with Gasteiger partial charge < -0.3 is 10.4 Å². The molecule has 2 rings (SSSR count). The van der Waals surface area contributed by atoms with E-state index in [1.807, 2.05) is 6.07 Å². The van der Waals surface area contributed by atoms with Crippen molar-refractivity contribution in [3.8, 4) is 11.8 Å². The van der Waals surface area contributed by atoms with Crippen LogP contribution in [0.3, 0.4) is 0 Å². The number of nitrogens with one attached hydrogen (secondary N) is 1. The highest BCUT2D eigenvalue weighted by Gasteiger charge is 2.07. The number of hydrogen-bond donors (Lipinski definition) is 2. The molecule has 0 unspecified atom stereocenters. The van der Waals surface area contributed by atoms with Gasteiger partial charge in [0.15, 0.2) is 0 Å². The van der Waals surface area contributed by atoms with Gasteiger partial charge in [-0.05, 0) is 24.3 Å². The molecule has 0 aliphatic carbocycles. The Kier molecular flexibility index (Phi) is 3.21. The number of anilines is 1. The van der Waals surface area contributed by atoms with E-state index in [1.165, 1.54) is 18.5 Å². The van der Waals surface area contributed by atoms with E-state index < -0.39 is 5.91 Å². The monoisotopic (exact) mass is 239 g/mol. The molecule has 0 spiro atoms. The van der Waals surface area contributed by atoms with Gasteiger partial charge in [0.05, 0.1) is 23.4 Å². The van der Waals surface area contributed by atoms with Crippen LogP contribution in [0, 0.1) is 11.3 Å². The van der Waals surface area contributed by atoms with Gasteiger partial charge in [-0.1, -0.05) is 6.07 Å². The van der Waals surface area contributed by atoms with Crippen LogP contribution >= 0.6 is 0 Å². The predicted molar refractivity (Wildman–Crippen MR) is 65.0 cm³/mol. The van der Waals surface area contributed by atoms with Crippen molar-refractivity contribution >= 4 is 11.6 Å². The fraction of sp³-hybridized carbons (Fsp3) is 0. The van der Waals surface area contributed by atoms with Crippen molar-refractivity contribution in [3.05, 3.63) is 53.9 Å². The zero-order valence-electron chi connectivity index (χ0n) is 9.29. The van der Waals surface area contributed by atoms with Gasteiger partial charge in [0.25, 0.3) is 5.91 Å². The first kappa shape index (κ1) is 11.6. The van der Waals surface area contributed by atoms with Gasteiger partial charge in [0.1, 0.15) is 5.75 Å². The largest absolute Gasteiger partial charge is 0.506 e. The predicted octanol–water partition coefficient (Wildman–Crippen LogP) is 1.91. The highest BCUT2D eigenvalue weighted by atomic mass is 16.3. The van der Waals surface area contributed by atoms with Crippen LogP contribution in [0.2, 0.25) is 0 Å². The molecule has 88 valence electrons. The molecule has 18 heavy (non-hydrogen) atoms. The van der Waals surface area contributed by atoms with Crippen LogP contribution in [0.5, 0.6) is 5.75 Å². The Morgan fingerprint density at radius 1 is 1.33 bits per heavy atom. The Hall–Kier alpha value is -2.87. The molecular formula is C13H9N3O2. The lowest BCUT2D eigenvalue weighted by Crippen LogP contribution is -2.12. The maximum absolute atomic E-state index is 11.8. The third-order valence-electron chi connectivity index (χ3n) is 2.24. The lowest BCUT2D eigenvalue weighted by molar-refractivity contribution is 0.102. The van der Waals surface area contributed by atoms with Crippen molar-refractivity contribution in [2.45, 2.75) is 0 Å². The standard InChI is InChI=1S/C13H9N3O2/c14-6-9-2-1-3-11(4-9)16-13(18)10-5-12(17)8-15-7-10/h1-5,7-8,17H,(H,16,18). The number of pyridine rings is 1. The summed E-state index contributed by atoms with van der Waals surface area (Å²) in [4.78, 5) is 15.5. The summed E-state index contributed by atoms with van der Waals surface area (Å²) in [5, 5.41) is 20.6. The first-order chi connectivity index (χ1) is 8.69. The number of aromatic nitrogens is 1. The number of nitrogens with zero attached hydrogens (tertiary/aromatic N) is 2. The van der Waals surface area contributed by atoms with Gasteiger partial charge in [-0.15, -0.1) is 0 Å². The summed E-state index contributed by atoms with van der Waals surface area (Å²) < 4.78 is 0. The van der Waals surface area contributed by atoms with Crippen molar-refractivity contribution in [1.82, 2.24) is 4.98 Å². The van der Waals surface area contributed by atoms with Gasteiger partial charge in [0, 0.05) is 11.9 Å². The van der Waals surface area contributed by atoms with Crippen LogP contribution in [-0.4, -0.2) is 16.0 Å². The second-order valence-corrected chi connectivity index (χ2v) is 3.58. The number of amides is 1. The van der Waals surface area contributed by atoms with Gasteiger partial charge in [-0.2, -0.15) is 5.26 Å². The maximum atomic E-state index is 11.8. The number of carbonyl (C=O) groups is 1. The minimum atomic E-state index is -0.395. The Bertz CT molecular complexity index is 632. The minimum absolute atomic E-state index is 0.0755. The summed E-state index contributed by atoms with van der Waals surface area (Å²) in [6, 6.07) is 9.86. The van der Waals surface area contributed by atoms with E-state index in [9.17, 15) is 9.90 Å². The summed E-state index contributed by atoms with van der Waals surface area (Å²) in [7, 11) is 0. The smallest absolute Gasteiger partial charge is 0.257 e. The van der Waals surface area contributed by atoms with Crippen LogP contribution in [0.4, 0.5) is 5.69 Å². The summed E-state index contributed by atoms with van der Waals surface area (Å²) >= 11 is 0. The molecule has 0 atom stereocenters. The number of carbonyl (C=O) groups excluding carboxylic acids is 1. The fourth-order valence-corrected chi connectivity index (χ4v) is 1.42. The molecule has 0 aliphatic rings. The molecule has 0 bridgehead atoms. The molecule has 2 aromatic rings. The molecule has 5 heteroatoms. The molecule has 0 saturated heterocycles. The molecular weight excluding hydrogens is 230 g/mol. The summed E-state index contributed by atoms with van der Waals surface area (Å²) in [6.45, 7) is 0. The molecule has 0 fully saturated rings. The fourth-order valence-electron chi connectivity index (χ4n) is 1.42. The highest BCUT2D eigenvalue weighted by molar-refractivity contribution is 6.04. The molecule has 1 heterocycles. The van der Waals surface area contributed by atoms with Gasteiger partial charge in [0.2, 0.25) is 0 Å². The molecule has 0 saturated carbocycles. The topological polar surface area (TPSA) is 86.0 Å². The quantitative estimate of drug-likeness (QED) is 0.838. The maximum Gasteiger partial charge on any atom is 0.257 e. The Balaban J connectivity index is 2.19. The number of nitriles is 1. The first-order valence-corrected chi connectivity index (χ1v) is 5.14. The summed E-state index contributed by atoms with van der Waals surface area (Å²) in [6.07, 6.45) is 2.59. The first-order valence-electron chi connectivity index (χ1n) is 5.14. The Morgan fingerprint density at radius 2 is 2.17 bits per heavy atom. The van der Waals surface area contributed by atoms with Gasteiger partial charge >= 0.3 is 0 Å². The average molecular weight is 239 g/mol. The second-order valence-electron chi connectivity index (χ2n) is 3.58. The molecule has 1 amide bonds. The average Bonchev–Trinajstić information content (AvgIpc) is 2.39. The van der Waals surface area contributed by atoms with Crippen molar-refractivity contribution in [1.29, 1.82) is 5.26 Å². The van der Waals surface area contributed by atoms with E-state index in [0.717, 1.165) is 0 Å².